The monoisotopic (exact) mass is 847 g/mol. The van der Waals surface area contributed by atoms with Gasteiger partial charge in [-0.05, 0) is 131 Å². The minimum atomic E-state index is -0.457. The second-order valence-corrected chi connectivity index (χ2v) is 16.8. The first-order chi connectivity index (χ1) is 36.9. The van der Waals surface area contributed by atoms with Crippen LogP contribution in [0.4, 0.5) is 17.1 Å². The van der Waals surface area contributed by atoms with E-state index in [1.165, 1.54) is 44.5 Å². The van der Waals surface area contributed by atoms with Crippen molar-refractivity contribution in [2.75, 3.05) is 4.90 Å². The van der Waals surface area contributed by atoms with Crippen LogP contribution in [-0.4, -0.2) is 0 Å². The third-order valence-electron chi connectivity index (χ3n) is 13.5. The molecule has 1 nitrogen and oxygen atoms in total. The predicted molar refractivity (Wildman–Crippen MR) is 277 cm³/mol. The molecule has 0 unspecified atom stereocenters. The number of hydrogen-bond donors (Lipinski definition) is 0. The van der Waals surface area contributed by atoms with Crippen molar-refractivity contribution in [2.45, 2.75) is 5.41 Å². The molecule has 11 aromatic carbocycles. The summed E-state index contributed by atoms with van der Waals surface area (Å²) >= 11 is 0. The van der Waals surface area contributed by atoms with E-state index in [2.05, 4.69) is 138 Å². The summed E-state index contributed by atoms with van der Waals surface area (Å²) in [6.45, 7) is 0. The second-order valence-electron chi connectivity index (χ2n) is 16.8. The van der Waals surface area contributed by atoms with Crippen molar-refractivity contribution in [2.24, 2.45) is 0 Å². The highest BCUT2D eigenvalue weighted by Gasteiger charge is 2.51. The van der Waals surface area contributed by atoms with Crippen molar-refractivity contribution >= 4 is 27.8 Å². The van der Waals surface area contributed by atoms with Crippen molar-refractivity contribution in [1.29, 1.82) is 0 Å². The Labute approximate surface area is 400 Å². The number of anilines is 3. The van der Waals surface area contributed by atoms with Crippen LogP contribution in [0.2, 0.25) is 0 Å². The zero-order valence-corrected chi connectivity index (χ0v) is 35.5. The van der Waals surface area contributed by atoms with Crippen molar-refractivity contribution in [1.82, 2.24) is 0 Å². The quantitative estimate of drug-likeness (QED) is 0.154. The van der Waals surface area contributed by atoms with E-state index in [1.807, 2.05) is 42.5 Å². The highest BCUT2D eigenvalue weighted by atomic mass is 15.1. The molecule has 0 bridgehead atoms. The smallest absolute Gasteiger partial charge is 0.0725 e. The number of rotatable bonds is 7. The van der Waals surface area contributed by atoms with Crippen molar-refractivity contribution in [3.8, 4) is 66.8 Å². The fraction of sp³-hybridized carbons (Fsp3) is 0.0154. The van der Waals surface area contributed by atoms with Crippen molar-refractivity contribution in [3.63, 3.8) is 0 Å². The maximum absolute atomic E-state index is 8.66. The highest BCUT2D eigenvalue weighted by molar-refractivity contribution is 6.06. The first-order valence-electron chi connectivity index (χ1n) is 27.1. The van der Waals surface area contributed by atoms with Gasteiger partial charge in [0, 0.05) is 16.8 Å². The van der Waals surface area contributed by atoms with Gasteiger partial charge in [0.1, 0.15) is 0 Å². The molecule has 2 aliphatic carbocycles. The summed E-state index contributed by atoms with van der Waals surface area (Å²) in [7, 11) is 0. The van der Waals surface area contributed by atoms with Gasteiger partial charge in [-0.15, -0.1) is 0 Å². The summed E-state index contributed by atoms with van der Waals surface area (Å²) in [4.78, 5) is 2.06. The first-order valence-corrected chi connectivity index (χ1v) is 22.1. The molecule has 13 rings (SSSR count). The Bertz CT molecular complexity index is 3990. The minimum absolute atomic E-state index is 0.101. The van der Waals surface area contributed by atoms with Gasteiger partial charge in [-0.3, -0.25) is 0 Å². The molecule has 0 saturated heterocycles. The Hall–Kier alpha value is -8.52. The lowest BCUT2D eigenvalue weighted by atomic mass is 9.70. The number of benzene rings is 11. The van der Waals surface area contributed by atoms with Gasteiger partial charge in [-0.1, -0.05) is 224 Å². The summed E-state index contributed by atoms with van der Waals surface area (Å²) in [5, 5.41) is 1.94. The number of nitrogens with zero attached hydrogens (tertiary/aromatic N) is 1. The average Bonchev–Trinajstić information content (AvgIpc) is 3.97. The molecule has 11 aromatic rings. The molecular formula is C65H43N. The van der Waals surface area contributed by atoms with Gasteiger partial charge in [0.2, 0.25) is 0 Å². The van der Waals surface area contributed by atoms with Crippen LogP contribution in [0.15, 0.2) is 261 Å². The summed E-state index contributed by atoms with van der Waals surface area (Å²) in [6.07, 6.45) is 0. The van der Waals surface area contributed by atoms with Gasteiger partial charge in [-0.2, -0.15) is 0 Å². The standard InChI is InChI=1S/C65H43N/c1-3-15-44(16-4-1)46-33-38-51(39-34-46)66(52-40-35-47(36-41-52)45-17-5-2-6-18-45)64-28-14-23-54-53(22-13-24-59(54)64)49-31-29-48(30-32-49)50-37-42-58-57-21-9-12-27-62(57)65(63(58)43-50)60-25-10-7-19-55(60)56-20-8-11-26-61(56)65/h1-43H/i1D,2D,3D,4D,5D,6D,15D,16D,17D,18D. The predicted octanol–water partition coefficient (Wildman–Crippen LogP) is 17.3. The van der Waals surface area contributed by atoms with Crippen molar-refractivity contribution in [3.05, 3.63) is 283 Å². The van der Waals surface area contributed by atoms with Gasteiger partial charge < -0.3 is 4.90 Å². The van der Waals surface area contributed by atoms with Crippen LogP contribution in [0.3, 0.4) is 0 Å². The summed E-state index contributed by atoms with van der Waals surface area (Å²) in [6, 6.07) is 65.3. The maximum Gasteiger partial charge on any atom is 0.0725 e. The summed E-state index contributed by atoms with van der Waals surface area (Å²) in [5.74, 6) is 0. The molecule has 0 radical (unpaired) electrons. The normalized spacial score (nSPS) is 14.8. The summed E-state index contributed by atoms with van der Waals surface area (Å²) in [5.41, 5.74) is 17.5. The fourth-order valence-electron chi connectivity index (χ4n) is 10.6. The van der Waals surface area contributed by atoms with Gasteiger partial charge >= 0.3 is 0 Å². The lowest BCUT2D eigenvalue weighted by molar-refractivity contribution is 0.794. The Morgan fingerprint density at radius 3 is 1.24 bits per heavy atom. The van der Waals surface area contributed by atoms with Gasteiger partial charge in [0.15, 0.2) is 0 Å². The SMILES string of the molecule is [2H]c1c([2H])c([2H])c(-c2ccc(N(c3ccc(-c4c([2H])c([2H])c([2H])c([2H])c4[2H])cc3)c3cccc4c(-c5ccc(-c6ccc7c(c6)C6(c8ccccc8-c8ccccc86)c6ccccc6-7)cc5)cccc34)cc2)c([2H])c1[2H]. The maximum atomic E-state index is 8.66. The molecule has 0 heterocycles. The van der Waals surface area contributed by atoms with E-state index in [0.717, 1.165) is 38.7 Å². The van der Waals surface area contributed by atoms with Gasteiger partial charge in [0.05, 0.1) is 24.8 Å². The van der Waals surface area contributed by atoms with Gasteiger partial charge in [-0.25, -0.2) is 0 Å². The summed E-state index contributed by atoms with van der Waals surface area (Å²) < 4.78 is 84.1. The zero-order valence-electron chi connectivity index (χ0n) is 45.5. The molecule has 0 aromatic heterocycles. The molecule has 66 heavy (non-hydrogen) atoms. The minimum Gasteiger partial charge on any atom is -0.310 e. The molecule has 2 aliphatic rings. The largest absolute Gasteiger partial charge is 0.310 e. The lowest BCUT2D eigenvalue weighted by Crippen LogP contribution is -2.25. The number of fused-ring (bicyclic) bond motifs is 11. The van der Waals surface area contributed by atoms with Crippen LogP contribution in [-0.2, 0) is 5.41 Å². The average molecular weight is 848 g/mol. The number of hydrogen-bond acceptors (Lipinski definition) is 1. The Morgan fingerprint density at radius 1 is 0.288 bits per heavy atom. The Balaban J connectivity index is 0.908. The van der Waals surface area contributed by atoms with Crippen molar-refractivity contribution < 1.29 is 13.7 Å². The molecule has 0 atom stereocenters. The first kappa shape index (κ1) is 29.0. The van der Waals surface area contributed by atoms with Crippen LogP contribution in [0.1, 0.15) is 36.0 Å². The van der Waals surface area contributed by atoms with Crippen LogP contribution < -0.4 is 4.90 Å². The second kappa shape index (κ2) is 15.3. The fourth-order valence-corrected chi connectivity index (χ4v) is 10.6. The van der Waals surface area contributed by atoms with E-state index in [9.17, 15) is 0 Å². The van der Waals surface area contributed by atoms with E-state index in [4.69, 9.17) is 13.7 Å². The molecule has 0 amide bonds. The molecule has 0 aliphatic heterocycles. The molecule has 0 fully saturated rings. The van der Waals surface area contributed by atoms with E-state index < -0.39 is 41.7 Å². The zero-order chi connectivity index (χ0) is 52.3. The molecule has 1 spiro atoms. The van der Waals surface area contributed by atoms with E-state index >= 15 is 0 Å². The third-order valence-corrected chi connectivity index (χ3v) is 13.5. The van der Waals surface area contributed by atoms with Crippen LogP contribution >= 0.6 is 0 Å². The highest BCUT2D eigenvalue weighted by Crippen LogP contribution is 2.63. The molecule has 1 heteroatoms. The molecule has 0 N–H and O–H groups in total. The van der Waals surface area contributed by atoms with E-state index in [1.54, 1.807) is 24.3 Å². The van der Waals surface area contributed by atoms with Crippen LogP contribution in [0, 0.1) is 0 Å². The van der Waals surface area contributed by atoms with Crippen LogP contribution in [0.25, 0.3) is 77.5 Å². The molecule has 0 saturated carbocycles. The van der Waals surface area contributed by atoms with E-state index in [-0.39, 0.29) is 35.3 Å². The lowest BCUT2D eigenvalue weighted by Gasteiger charge is -2.30. The third kappa shape index (κ3) is 5.87. The van der Waals surface area contributed by atoms with Crippen LogP contribution in [0.5, 0.6) is 0 Å². The topological polar surface area (TPSA) is 3.24 Å². The van der Waals surface area contributed by atoms with E-state index in [0.29, 0.717) is 22.5 Å². The molecular weight excluding hydrogens is 795 g/mol. The Morgan fingerprint density at radius 2 is 0.697 bits per heavy atom. The Kier molecular flexibility index (Phi) is 6.74. The molecule has 308 valence electrons. The van der Waals surface area contributed by atoms with Gasteiger partial charge in [0.25, 0.3) is 0 Å².